The van der Waals surface area contributed by atoms with Gasteiger partial charge in [-0.3, -0.25) is 9.59 Å². The molecule has 8 heteroatoms. The average Bonchev–Trinajstić information content (AvgIpc) is 2.86. The number of likely N-dealkylation sites (tertiary alicyclic amines) is 1. The number of aliphatic carboxylic acids is 1. The van der Waals surface area contributed by atoms with Crippen LogP contribution in [-0.4, -0.2) is 48.4 Å². The van der Waals surface area contributed by atoms with Gasteiger partial charge in [-0.2, -0.15) is 0 Å². The lowest BCUT2D eigenvalue weighted by molar-refractivity contribution is -0.142. The largest absolute Gasteiger partial charge is 0.481 e. The molecule has 1 aliphatic heterocycles. The van der Waals surface area contributed by atoms with Crippen molar-refractivity contribution >= 4 is 21.9 Å². The number of carboxylic acid groups (broad SMARTS) is 1. The Kier molecular flexibility index (Phi) is 5.24. The van der Waals surface area contributed by atoms with Gasteiger partial charge in [-0.15, -0.1) is 0 Å². The number of amides is 1. The maximum atomic E-state index is 12.6. The van der Waals surface area contributed by atoms with Crippen molar-refractivity contribution in [2.24, 2.45) is 5.92 Å². The van der Waals surface area contributed by atoms with Crippen molar-refractivity contribution in [1.82, 2.24) is 9.62 Å². The Hall–Kier alpha value is -1.93. The third-order valence-electron chi connectivity index (χ3n) is 4.19. The molecule has 2 unspecified atom stereocenters. The second kappa shape index (κ2) is 6.76. The van der Waals surface area contributed by atoms with Crippen LogP contribution in [0.25, 0.3) is 0 Å². The predicted molar refractivity (Wildman–Crippen MR) is 92.8 cm³/mol. The summed E-state index contributed by atoms with van der Waals surface area (Å²) < 4.78 is 27.1. The zero-order chi connectivity index (χ0) is 19.0. The fourth-order valence-corrected chi connectivity index (χ4v) is 4.38. The van der Waals surface area contributed by atoms with Crippen molar-refractivity contribution in [1.29, 1.82) is 0 Å². The molecule has 2 rings (SSSR count). The molecule has 1 saturated heterocycles. The summed E-state index contributed by atoms with van der Waals surface area (Å²) in [5.74, 6) is -1.76. The Morgan fingerprint density at radius 3 is 2.20 bits per heavy atom. The molecule has 0 aliphatic carbocycles. The highest BCUT2D eigenvalue weighted by Gasteiger charge is 2.38. The molecule has 25 heavy (non-hydrogen) atoms. The van der Waals surface area contributed by atoms with E-state index in [4.69, 9.17) is 5.11 Å². The maximum absolute atomic E-state index is 12.6. The van der Waals surface area contributed by atoms with Crippen molar-refractivity contribution in [2.45, 2.75) is 50.6 Å². The first kappa shape index (κ1) is 19.4. The maximum Gasteiger partial charge on any atom is 0.308 e. The van der Waals surface area contributed by atoms with E-state index in [2.05, 4.69) is 4.72 Å². The van der Waals surface area contributed by atoms with Gasteiger partial charge in [0.2, 0.25) is 10.0 Å². The van der Waals surface area contributed by atoms with Gasteiger partial charge >= 0.3 is 5.97 Å². The van der Waals surface area contributed by atoms with Crippen LogP contribution in [0.3, 0.4) is 0 Å². The van der Waals surface area contributed by atoms with Crippen molar-refractivity contribution in [2.75, 3.05) is 6.54 Å². The van der Waals surface area contributed by atoms with E-state index in [9.17, 15) is 18.0 Å². The molecule has 138 valence electrons. The van der Waals surface area contributed by atoms with E-state index in [0.29, 0.717) is 18.5 Å². The number of rotatable bonds is 4. The molecule has 1 aromatic carbocycles. The molecule has 0 spiro atoms. The van der Waals surface area contributed by atoms with E-state index >= 15 is 0 Å². The zero-order valence-corrected chi connectivity index (χ0v) is 15.6. The highest BCUT2D eigenvalue weighted by atomic mass is 32.2. The highest BCUT2D eigenvalue weighted by molar-refractivity contribution is 7.89. The molecule has 7 nitrogen and oxygen atoms in total. The second-order valence-electron chi connectivity index (χ2n) is 7.35. The molecule has 0 radical (unpaired) electrons. The van der Waals surface area contributed by atoms with E-state index in [1.165, 1.54) is 29.2 Å². The van der Waals surface area contributed by atoms with Gasteiger partial charge in [-0.1, -0.05) is 0 Å². The topological polar surface area (TPSA) is 104 Å². The van der Waals surface area contributed by atoms with E-state index in [1.807, 2.05) is 0 Å². The van der Waals surface area contributed by atoms with Crippen LogP contribution < -0.4 is 4.72 Å². The van der Waals surface area contributed by atoms with Crippen LogP contribution in [0.5, 0.6) is 0 Å². The van der Waals surface area contributed by atoms with Crippen LogP contribution >= 0.6 is 0 Å². The number of carbonyl (C=O) groups is 2. The van der Waals surface area contributed by atoms with E-state index in [0.717, 1.165) is 0 Å². The average molecular weight is 368 g/mol. The summed E-state index contributed by atoms with van der Waals surface area (Å²) in [6, 6.07) is 5.30. The van der Waals surface area contributed by atoms with Crippen LogP contribution in [0.15, 0.2) is 29.2 Å². The molecular formula is C17H24N2O5S. The third kappa shape index (κ3) is 4.38. The van der Waals surface area contributed by atoms with Gasteiger partial charge in [0.25, 0.3) is 5.91 Å². The molecule has 0 saturated carbocycles. The van der Waals surface area contributed by atoms with Gasteiger partial charge in [-0.05, 0) is 58.4 Å². The lowest BCUT2D eigenvalue weighted by Crippen LogP contribution is -2.40. The fourth-order valence-electron chi connectivity index (χ4n) is 2.96. The summed E-state index contributed by atoms with van der Waals surface area (Å²) in [4.78, 5) is 25.4. The monoisotopic (exact) mass is 368 g/mol. The van der Waals surface area contributed by atoms with Gasteiger partial charge in [0.1, 0.15) is 0 Å². The summed E-state index contributed by atoms with van der Waals surface area (Å²) in [6.07, 6.45) is 0.421. The summed E-state index contributed by atoms with van der Waals surface area (Å²) in [7, 11) is -3.66. The zero-order valence-electron chi connectivity index (χ0n) is 14.8. The first-order valence-corrected chi connectivity index (χ1v) is 9.58. The molecule has 0 aromatic heterocycles. The predicted octanol–water partition coefficient (Wildman–Crippen LogP) is 1.70. The first-order valence-electron chi connectivity index (χ1n) is 8.10. The Balaban J connectivity index is 2.18. The summed E-state index contributed by atoms with van der Waals surface area (Å²) in [5.41, 5.74) is -0.267. The number of carboxylic acids is 1. The van der Waals surface area contributed by atoms with Gasteiger partial charge in [-0.25, -0.2) is 13.1 Å². The minimum Gasteiger partial charge on any atom is -0.481 e. The van der Waals surface area contributed by atoms with E-state index < -0.39 is 33.5 Å². The van der Waals surface area contributed by atoms with Crippen molar-refractivity contribution in [3.05, 3.63) is 29.8 Å². The number of carbonyl (C=O) groups excluding carboxylic acids is 1. The smallest absolute Gasteiger partial charge is 0.308 e. The van der Waals surface area contributed by atoms with Crippen LogP contribution in [-0.2, 0) is 14.8 Å². The molecule has 1 aromatic rings. The molecule has 1 amide bonds. The van der Waals surface area contributed by atoms with Crippen molar-refractivity contribution in [3.8, 4) is 0 Å². The minimum atomic E-state index is -3.66. The SMILES string of the molecule is CC1C(C(=O)O)CCN1C(=O)c1ccc(S(=O)(=O)NC(C)(C)C)cc1. The molecule has 1 aliphatic rings. The second-order valence-corrected chi connectivity index (χ2v) is 9.03. The molecule has 0 bridgehead atoms. The van der Waals surface area contributed by atoms with E-state index in [1.54, 1.807) is 27.7 Å². The quantitative estimate of drug-likeness (QED) is 0.842. The van der Waals surface area contributed by atoms with Gasteiger partial charge in [0.15, 0.2) is 0 Å². The Labute approximate surface area is 148 Å². The number of hydrogen-bond acceptors (Lipinski definition) is 4. The minimum absolute atomic E-state index is 0.0804. The van der Waals surface area contributed by atoms with Crippen LogP contribution in [0.4, 0.5) is 0 Å². The lowest BCUT2D eigenvalue weighted by Gasteiger charge is -2.23. The van der Waals surface area contributed by atoms with Crippen LogP contribution in [0.2, 0.25) is 0 Å². The van der Waals surface area contributed by atoms with Gasteiger partial charge < -0.3 is 10.0 Å². The van der Waals surface area contributed by atoms with Crippen molar-refractivity contribution in [3.63, 3.8) is 0 Å². The molecular weight excluding hydrogens is 344 g/mol. The number of nitrogens with zero attached hydrogens (tertiary/aromatic N) is 1. The Morgan fingerprint density at radius 1 is 1.20 bits per heavy atom. The number of nitrogens with one attached hydrogen (secondary N) is 1. The molecule has 2 atom stereocenters. The lowest BCUT2D eigenvalue weighted by atomic mass is 10.0. The van der Waals surface area contributed by atoms with Crippen molar-refractivity contribution < 1.29 is 23.1 Å². The highest BCUT2D eigenvalue weighted by Crippen LogP contribution is 2.26. The van der Waals surface area contributed by atoms with E-state index in [-0.39, 0.29) is 10.8 Å². The third-order valence-corrected chi connectivity index (χ3v) is 5.96. The number of benzene rings is 1. The Bertz CT molecular complexity index is 765. The normalized spacial score (nSPS) is 21.4. The van der Waals surface area contributed by atoms with Crippen LogP contribution in [0, 0.1) is 5.92 Å². The molecule has 1 fully saturated rings. The Morgan fingerprint density at radius 2 is 1.76 bits per heavy atom. The van der Waals surface area contributed by atoms with Gasteiger partial charge in [0.05, 0.1) is 10.8 Å². The summed E-state index contributed by atoms with van der Waals surface area (Å²) in [6.45, 7) is 7.33. The molecule has 1 heterocycles. The standard InChI is InChI=1S/C17H24N2O5S/c1-11-14(16(21)22)9-10-19(11)15(20)12-5-7-13(8-6-12)25(23,24)18-17(2,3)4/h5-8,11,14,18H,9-10H2,1-4H3,(H,21,22). The molecule has 2 N–H and O–H groups in total. The fraction of sp³-hybridized carbons (Fsp3) is 0.529. The number of hydrogen-bond donors (Lipinski definition) is 2. The van der Waals surface area contributed by atoms with Gasteiger partial charge in [0, 0.05) is 23.7 Å². The summed E-state index contributed by atoms with van der Waals surface area (Å²) in [5, 5.41) is 9.16. The first-order chi connectivity index (χ1) is 11.4. The summed E-state index contributed by atoms with van der Waals surface area (Å²) >= 11 is 0. The van der Waals surface area contributed by atoms with Crippen LogP contribution in [0.1, 0.15) is 44.5 Å². The number of sulfonamides is 1.